The van der Waals surface area contributed by atoms with E-state index in [1.807, 2.05) is 5.32 Å². The topological polar surface area (TPSA) is 83.5 Å². The van der Waals surface area contributed by atoms with Gasteiger partial charge < -0.3 is 10.4 Å². The van der Waals surface area contributed by atoms with Gasteiger partial charge in [0, 0.05) is 4.88 Å². The maximum absolute atomic E-state index is 12.7. The molecule has 2 rings (SSSR count). The van der Waals surface area contributed by atoms with Crippen LogP contribution in [0.4, 0.5) is 18.9 Å². The Hall–Kier alpha value is -1.62. The van der Waals surface area contributed by atoms with Crippen molar-refractivity contribution in [2.45, 2.75) is 29.3 Å². The zero-order valence-corrected chi connectivity index (χ0v) is 15.6. The maximum Gasteiger partial charge on any atom is 0.426 e. The van der Waals surface area contributed by atoms with Crippen molar-refractivity contribution in [2.75, 3.05) is 5.32 Å². The molecule has 0 spiro atoms. The molecule has 0 unspecified atom stereocenters. The minimum absolute atomic E-state index is 0.142. The van der Waals surface area contributed by atoms with E-state index in [9.17, 15) is 31.5 Å². The Bertz CT molecular complexity index is 909. The molecule has 0 fully saturated rings. The highest BCUT2D eigenvalue weighted by Crippen LogP contribution is 2.33. The molecule has 1 aromatic carbocycles. The lowest BCUT2D eigenvalue weighted by molar-refractivity contribution is -0.242. The van der Waals surface area contributed by atoms with Crippen LogP contribution in [0.25, 0.3) is 0 Å². The Morgan fingerprint density at radius 2 is 1.96 bits per heavy atom. The lowest BCUT2D eigenvalue weighted by Gasteiger charge is -2.25. The fourth-order valence-electron chi connectivity index (χ4n) is 1.83. The second-order valence-electron chi connectivity index (χ2n) is 5.50. The van der Waals surface area contributed by atoms with Crippen LogP contribution >= 0.6 is 22.9 Å². The molecule has 0 saturated carbocycles. The zero-order chi connectivity index (χ0) is 19.8. The number of halogens is 4. The van der Waals surface area contributed by atoms with Crippen LogP contribution in [-0.4, -0.2) is 31.2 Å². The van der Waals surface area contributed by atoms with Crippen LogP contribution in [0, 0.1) is 0 Å². The Morgan fingerprint density at radius 3 is 2.46 bits per heavy atom. The third-order valence-corrected chi connectivity index (χ3v) is 6.49. The average molecular weight is 428 g/mol. The van der Waals surface area contributed by atoms with Crippen LogP contribution < -0.4 is 5.32 Å². The third-order valence-electron chi connectivity index (χ3n) is 3.45. The number of hydrogen-bond acceptors (Lipinski definition) is 5. The Kier molecular flexibility index (Phi) is 5.71. The summed E-state index contributed by atoms with van der Waals surface area (Å²) >= 11 is 7.15. The van der Waals surface area contributed by atoms with E-state index >= 15 is 0 Å². The zero-order valence-electron chi connectivity index (χ0n) is 13.2. The molecule has 0 bridgehead atoms. The number of alkyl halides is 3. The van der Waals surface area contributed by atoms with Gasteiger partial charge in [0.15, 0.2) is 9.84 Å². The molecule has 1 amide bonds. The summed E-state index contributed by atoms with van der Waals surface area (Å²) in [5.74, 6) is -1.99. The number of anilines is 1. The monoisotopic (exact) mass is 427 g/mol. The summed E-state index contributed by atoms with van der Waals surface area (Å²) in [6.45, 7) is 0.302. The quantitative estimate of drug-likeness (QED) is 0.763. The summed E-state index contributed by atoms with van der Waals surface area (Å²) < 4.78 is 62.7. The molecule has 11 heteroatoms. The first-order chi connectivity index (χ1) is 11.8. The molecule has 0 aliphatic heterocycles. The molecule has 0 saturated heterocycles. The number of rotatable bonds is 5. The molecule has 26 heavy (non-hydrogen) atoms. The van der Waals surface area contributed by atoms with Gasteiger partial charge in [-0.3, -0.25) is 4.79 Å². The summed E-state index contributed by atoms with van der Waals surface area (Å²) in [5.41, 5.74) is -3.88. The highest BCUT2D eigenvalue weighted by Gasteiger charge is 2.55. The van der Waals surface area contributed by atoms with Crippen molar-refractivity contribution >= 4 is 44.4 Å². The van der Waals surface area contributed by atoms with Crippen LogP contribution in [0.1, 0.15) is 11.8 Å². The average Bonchev–Trinajstić information content (AvgIpc) is 3.00. The fraction of sp³-hybridized carbons (Fsp3) is 0.267. The Balaban J connectivity index is 2.23. The number of amides is 1. The third kappa shape index (κ3) is 4.37. The second kappa shape index (κ2) is 7.18. The normalized spacial score (nSPS) is 14.7. The smallest absolute Gasteiger partial charge is 0.373 e. The summed E-state index contributed by atoms with van der Waals surface area (Å²) in [4.78, 5) is 12.1. The predicted molar refractivity (Wildman–Crippen MR) is 92.0 cm³/mol. The van der Waals surface area contributed by atoms with E-state index in [2.05, 4.69) is 0 Å². The highest BCUT2D eigenvalue weighted by atomic mass is 35.5. The van der Waals surface area contributed by atoms with Crippen molar-refractivity contribution < 1.29 is 31.5 Å². The molecule has 1 aromatic heterocycles. The molecule has 5 nitrogen and oxygen atoms in total. The van der Waals surface area contributed by atoms with Crippen molar-refractivity contribution in [3.63, 3.8) is 0 Å². The van der Waals surface area contributed by atoms with E-state index in [0.717, 1.165) is 18.2 Å². The van der Waals surface area contributed by atoms with E-state index in [0.29, 0.717) is 11.8 Å². The summed E-state index contributed by atoms with van der Waals surface area (Å²) in [6.07, 6.45) is -5.19. The van der Waals surface area contributed by atoms with Crippen LogP contribution in [0.15, 0.2) is 40.6 Å². The number of carbonyl (C=O) groups is 1. The number of aliphatic hydroxyl groups is 1. The molecule has 142 valence electrons. The molecular formula is C15H13ClF3NO4S2. The van der Waals surface area contributed by atoms with Gasteiger partial charge in [0.25, 0.3) is 5.91 Å². The molecular weight excluding hydrogens is 415 g/mol. The molecule has 0 aliphatic rings. The van der Waals surface area contributed by atoms with Gasteiger partial charge in [-0.15, -0.1) is 11.3 Å². The minimum Gasteiger partial charge on any atom is -0.373 e. The van der Waals surface area contributed by atoms with Gasteiger partial charge in [0.1, 0.15) is 0 Å². The minimum atomic E-state index is -5.19. The fourth-order valence-corrected chi connectivity index (χ4v) is 4.56. The summed E-state index contributed by atoms with van der Waals surface area (Å²) in [7, 11) is -3.72. The summed E-state index contributed by atoms with van der Waals surface area (Å²) in [5, 5.41) is 12.6. The van der Waals surface area contributed by atoms with E-state index in [-0.39, 0.29) is 21.4 Å². The largest absolute Gasteiger partial charge is 0.426 e. The summed E-state index contributed by atoms with van der Waals surface area (Å²) in [6, 6.07) is 6.56. The molecule has 2 aromatic rings. The van der Waals surface area contributed by atoms with Gasteiger partial charge in [0.2, 0.25) is 5.60 Å². The van der Waals surface area contributed by atoms with E-state index < -0.39 is 27.5 Å². The van der Waals surface area contributed by atoms with Gasteiger partial charge >= 0.3 is 6.18 Å². The van der Waals surface area contributed by atoms with Gasteiger partial charge in [0.05, 0.1) is 21.4 Å². The standard InChI is InChI=1S/C15H13ClF3NO4S2/c1-14(22,15(17,18)19)13(21)20-12-5-4-10(7-11(12)16)26(23,24)8-9-3-2-6-25-9/h2-7,22H,8H2,1H3,(H,20,21)/t14-/m1/s1. The van der Waals surface area contributed by atoms with Crippen LogP contribution in [-0.2, 0) is 20.4 Å². The van der Waals surface area contributed by atoms with Crippen molar-refractivity contribution in [3.8, 4) is 0 Å². The lowest BCUT2D eigenvalue weighted by atomic mass is 10.1. The van der Waals surface area contributed by atoms with E-state index in [1.54, 1.807) is 17.5 Å². The van der Waals surface area contributed by atoms with Crippen molar-refractivity contribution in [1.29, 1.82) is 0 Å². The lowest BCUT2D eigenvalue weighted by Crippen LogP contribution is -2.52. The first-order valence-corrected chi connectivity index (χ1v) is 9.91. The number of carbonyl (C=O) groups excluding carboxylic acids is 1. The molecule has 2 N–H and O–H groups in total. The molecule has 1 heterocycles. The van der Waals surface area contributed by atoms with Crippen molar-refractivity contribution in [3.05, 3.63) is 45.6 Å². The maximum atomic E-state index is 12.7. The van der Waals surface area contributed by atoms with Crippen molar-refractivity contribution in [1.82, 2.24) is 0 Å². The number of benzene rings is 1. The van der Waals surface area contributed by atoms with E-state index in [4.69, 9.17) is 11.6 Å². The SMILES string of the molecule is C[C@@](O)(C(=O)Nc1ccc(S(=O)(=O)Cc2cccs2)cc1Cl)C(F)(F)F. The first kappa shape index (κ1) is 20.7. The van der Waals surface area contributed by atoms with Gasteiger partial charge in [-0.25, -0.2) is 8.42 Å². The number of thiophene rings is 1. The van der Waals surface area contributed by atoms with Gasteiger partial charge in [-0.1, -0.05) is 17.7 Å². The first-order valence-electron chi connectivity index (χ1n) is 7.00. The number of nitrogens with one attached hydrogen (secondary N) is 1. The Morgan fingerprint density at radius 1 is 1.31 bits per heavy atom. The van der Waals surface area contributed by atoms with Gasteiger partial charge in [-0.05, 0) is 36.6 Å². The van der Waals surface area contributed by atoms with E-state index in [1.165, 1.54) is 11.3 Å². The Labute approximate surface area is 156 Å². The molecule has 0 radical (unpaired) electrons. The second-order valence-corrected chi connectivity index (χ2v) is 8.93. The van der Waals surface area contributed by atoms with Crippen molar-refractivity contribution in [2.24, 2.45) is 0 Å². The predicted octanol–water partition coefficient (Wildman–Crippen LogP) is 3.63. The van der Waals surface area contributed by atoms with Crippen LogP contribution in [0.5, 0.6) is 0 Å². The van der Waals surface area contributed by atoms with Crippen LogP contribution in [0.2, 0.25) is 5.02 Å². The molecule has 0 aliphatic carbocycles. The van der Waals surface area contributed by atoms with Crippen LogP contribution in [0.3, 0.4) is 0 Å². The number of sulfone groups is 1. The molecule has 1 atom stereocenters. The number of hydrogen-bond donors (Lipinski definition) is 2. The van der Waals surface area contributed by atoms with Gasteiger partial charge in [-0.2, -0.15) is 13.2 Å². The highest BCUT2D eigenvalue weighted by molar-refractivity contribution is 7.90.